The number of piperidine rings is 1. The van der Waals surface area contributed by atoms with E-state index in [0.717, 1.165) is 25.8 Å². The van der Waals surface area contributed by atoms with E-state index in [-0.39, 0.29) is 11.8 Å². The van der Waals surface area contributed by atoms with Crippen LogP contribution in [-0.2, 0) is 4.79 Å². The van der Waals surface area contributed by atoms with Gasteiger partial charge < -0.3 is 9.80 Å². The molecule has 24 heavy (non-hydrogen) atoms. The summed E-state index contributed by atoms with van der Waals surface area (Å²) in [5, 5.41) is 0. The summed E-state index contributed by atoms with van der Waals surface area (Å²) in [5.41, 5.74) is 0.827. The molecule has 7 nitrogen and oxygen atoms in total. The van der Waals surface area contributed by atoms with E-state index in [9.17, 15) is 9.59 Å². The number of hydrogen-bond donors (Lipinski definition) is 0. The summed E-state index contributed by atoms with van der Waals surface area (Å²) in [7, 11) is 1.86. The van der Waals surface area contributed by atoms with Gasteiger partial charge in [-0.3, -0.25) is 14.0 Å². The number of hydrogen-bond acceptors (Lipinski definition) is 4. The maximum absolute atomic E-state index is 13.1. The van der Waals surface area contributed by atoms with Crippen LogP contribution in [0.5, 0.6) is 0 Å². The molecular formula is C17H21N5O2. The van der Waals surface area contributed by atoms with E-state index in [0.29, 0.717) is 30.3 Å². The lowest BCUT2D eigenvalue weighted by Crippen LogP contribution is -2.48. The molecule has 0 N–H and O–H groups in total. The second-order valence-corrected chi connectivity index (χ2v) is 6.92. The molecular weight excluding hydrogens is 306 g/mol. The molecule has 1 spiro atoms. The number of amides is 2. The average Bonchev–Trinajstić information content (AvgIpc) is 3.13. The Morgan fingerprint density at radius 2 is 2.12 bits per heavy atom. The molecule has 4 heterocycles. The maximum atomic E-state index is 13.1. The zero-order valence-corrected chi connectivity index (χ0v) is 14.0. The highest BCUT2D eigenvalue weighted by Gasteiger charge is 2.49. The Balaban J connectivity index is 1.64. The summed E-state index contributed by atoms with van der Waals surface area (Å²) in [6, 6.07) is 1.79. The Bertz CT molecular complexity index is 829. The van der Waals surface area contributed by atoms with Crippen LogP contribution in [0.1, 0.15) is 35.4 Å². The van der Waals surface area contributed by atoms with Crippen LogP contribution in [0.3, 0.4) is 0 Å². The van der Waals surface area contributed by atoms with Crippen molar-refractivity contribution >= 4 is 17.6 Å². The Hall–Kier alpha value is -2.44. The van der Waals surface area contributed by atoms with Crippen molar-refractivity contribution < 1.29 is 9.59 Å². The third-order valence-electron chi connectivity index (χ3n) is 5.37. The number of carbonyl (C=O) groups excluding carboxylic acids is 2. The Kier molecular flexibility index (Phi) is 3.33. The van der Waals surface area contributed by atoms with Gasteiger partial charge in [0.05, 0.1) is 11.1 Å². The summed E-state index contributed by atoms with van der Waals surface area (Å²) in [5.74, 6) is 0.646. The van der Waals surface area contributed by atoms with E-state index >= 15 is 0 Å². The Morgan fingerprint density at radius 3 is 2.96 bits per heavy atom. The fraction of sp³-hybridized carbons (Fsp3) is 0.529. The number of rotatable bonds is 1. The SMILES string of the molecule is Cc1nc2ncccn2c1C(=O)N1CC[C@]2(CCCN(C)C2=O)C1. The normalized spacial score (nSPS) is 24.3. The minimum atomic E-state index is -0.394. The molecule has 2 fully saturated rings. The average molecular weight is 327 g/mol. The number of aryl methyl sites for hydroxylation is 1. The van der Waals surface area contributed by atoms with Gasteiger partial charge in [0.15, 0.2) is 0 Å². The number of fused-ring (bicyclic) bond motifs is 1. The highest BCUT2D eigenvalue weighted by Crippen LogP contribution is 2.40. The molecule has 2 saturated heterocycles. The van der Waals surface area contributed by atoms with Crippen molar-refractivity contribution in [1.29, 1.82) is 0 Å². The molecule has 126 valence electrons. The van der Waals surface area contributed by atoms with Crippen molar-refractivity contribution in [1.82, 2.24) is 24.2 Å². The highest BCUT2D eigenvalue weighted by molar-refractivity contribution is 5.95. The number of imidazole rings is 1. The second-order valence-electron chi connectivity index (χ2n) is 6.92. The van der Waals surface area contributed by atoms with Gasteiger partial charge in [-0.25, -0.2) is 9.97 Å². The van der Waals surface area contributed by atoms with Crippen LogP contribution in [0.25, 0.3) is 5.78 Å². The molecule has 0 bridgehead atoms. The summed E-state index contributed by atoms with van der Waals surface area (Å²) in [4.78, 5) is 37.9. The maximum Gasteiger partial charge on any atom is 0.272 e. The lowest BCUT2D eigenvalue weighted by Gasteiger charge is -2.37. The van der Waals surface area contributed by atoms with E-state index in [2.05, 4.69) is 9.97 Å². The predicted octanol–water partition coefficient (Wildman–Crippen LogP) is 1.12. The molecule has 2 aliphatic heterocycles. The Morgan fingerprint density at radius 1 is 1.29 bits per heavy atom. The smallest absolute Gasteiger partial charge is 0.272 e. The first-order valence-corrected chi connectivity index (χ1v) is 8.36. The van der Waals surface area contributed by atoms with Crippen molar-refractivity contribution in [3.05, 3.63) is 29.8 Å². The van der Waals surface area contributed by atoms with E-state index in [1.807, 2.05) is 14.0 Å². The molecule has 2 aromatic rings. The van der Waals surface area contributed by atoms with Gasteiger partial charge in [-0.2, -0.15) is 0 Å². The van der Waals surface area contributed by atoms with Crippen LogP contribution >= 0.6 is 0 Å². The van der Waals surface area contributed by atoms with Crippen LogP contribution in [0.2, 0.25) is 0 Å². The topological polar surface area (TPSA) is 70.8 Å². The van der Waals surface area contributed by atoms with Gasteiger partial charge in [0.25, 0.3) is 5.91 Å². The number of carbonyl (C=O) groups is 2. The van der Waals surface area contributed by atoms with E-state index < -0.39 is 5.41 Å². The van der Waals surface area contributed by atoms with Gasteiger partial charge in [-0.1, -0.05) is 0 Å². The quantitative estimate of drug-likeness (QED) is 0.787. The van der Waals surface area contributed by atoms with Gasteiger partial charge >= 0.3 is 0 Å². The molecule has 0 aromatic carbocycles. The molecule has 2 aromatic heterocycles. The first-order chi connectivity index (χ1) is 11.5. The second kappa shape index (κ2) is 5.29. The van der Waals surface area contributed by atoms with Gasteiger partial charge in [0, 0.05) is 39.1 Å². The minimum absolute atomic E-state index is 0.0640. The molecule has 7 heteroatoms. The monoisotopic (exact) mass is 327 g/mol. The van der Waals surface area contributed by atoms with Gasteiger partial charge in [0.2, 0.25) is 11.7 Å². The van der Waals surface area contributed by atoms with Crippen LogP contribution < -0.4 is 0 Å². The van der Waals surface area contributed by atoms with Crippen molar-refractivity contribution in [2.45, 2.75) is 26.2 Å². The number of nitrogens with zero attached hydrogens (tertiary/aromatic N) is 5. The largest absolute Gasteiger partial charge is 0.345 e. The van der Waals surface area contributed by atoms with Crippen molar-refractivity contribution in [3.8, 4) is 0 Å². The molecule has 0 unspecified atom stereocenters. The van der Waals surface area contributed by atoms with E-state index in [4.69, 9.17) is 0 Å². The Labute approximate surface area is 140 Å². The van der Waals surface area contributed by atoms with E-state index in [1.165, 1.54) is 0 Å². The lowest BCUT2D eigenvalue weighted by molar-refractivity contribution is -0.143. The van der Waals surface area contributed by atoms with Crippen LogP contribution in [-0.4, -0.2) is 62.7 Å². The third kappa shape index (κ3) is 2.11. The summed E-state index contributed by atoms with van der Waals surface area (Å²) < 4.78 is 1.73. The van der Waals surface area contributed by atoms with Crippen molar-refractivity contribution in [2.24, 2.45) is 5.41 Å². The zero-order valence-electron chi connectivity index (χ0n) is 14.0. The number of likely N-dealkylation sites (tertiary alicyclic amines) is 2. The summed E-state index contributed by atoms with van der Waals surface area (Å²) in [6.07, 6.45) is 6.09. The number of aromatic nitrogens is 3. The van der Waals surface area contributed by atoms with Crippen LogP contribution in [0.15, 0.2) is 18.5 Å². The van der Waals surface area contributed by atoms with E-state index in [1.54, 1.807) is 32.7 Å². The molecule has 2 aliphatic rings. The molecule has 0 saturated carbocycles. The molecule has 4 rings (SSSR count). The highest BCUT2D eigenvalue weighted by atomic mass is 16.2. The minimum Gasteiger partial charge on any atom is -0.345 e. The lowest BCUT2D eigenvalue weighted by atomic mass is 9.78. The zero-order chi connectivity index (χ0) is 16.9. The molecule has 0 aliphatic carbocycles. The van der Waals surface area contributed by atoms with Crippen molar-refractivity contribution in [3.63, 3.8) is 0 Å². The molecule has 1 atom stereocenters. The first-order valence-electron chi connectivity index (χ1n) is 8.36. The fourth-order valence-corrected chi connectivity index (χ4v) is 4.10. The molecule has 0 radical (unpaired) electrons. The van der Waals surface area contributed by atoms with Crippen LogP contribution in [0, 0.1) is 12.3 Å². The molecule has 2 amide bonds. The third-order valence-corrected chi connectivity index (χ3v) is 5.37. The standard InChI is InChI=1S/C17H21N5O2/c1-12-13(22-9-4-7-18-16(22)19-12)14(23)21-10-6-17(11-21)5-3-8-20(2)15(17)24/h4,7,9H,3,5-6,8,10-11H2,1-2H3/t17-/m1/s1. The van der Waals surface area contributed by atoms with Crippen LogP contribution in [0.4, 0.5) is 0 Å². The van der Waals surface area contributed by atoms with Gasteiger partial charge in [-0.15, -0.1) is 0 Å². The summed E-state index contributed by atoms with van der Waals surface area (Å²) >= 11 is 0. The first kappa shape index (κ1) is 15.1. The van der Waals surface area contributed by atoms with Gasteiger partial charge in [0.1, 0.15) is 5.69 Å². The predicted molar refractivity (Wildman–Crippen MR) is 87.5 cm³/mol. The fourth-order valence-electron chi connectivity index (χ4n) is 4.10. The van der Waals surface area contributed by atoms with Crippen molar-refractivity contribution in [2.75, 3.05) is 26.7 Å². The summed E-state index contributed by atoms with van der Waals surface area (Å²) in [6.45, 7) is 3.76. The van der Waals surface area contributed by atoms with Gasteiger partial charge in [-0.05, 0) is 32.3 Å².